The summed E-state index contributed by atoms with van der Waals surface area (Å²) in [7, 11) is 0. The van der Waals surface area contributed by atoms with Gasteiger partial charge in [-0.3, -0.25) is 4.79 Å². The molecule has 1 aromatic heterocycles. The molecular weight excluding hydrogens is 218 g/mol. The number of aromatic nitrogens is 1. The number of carboxylic acid groups (broad SMARTS) is 1. The van der Waals surface area contributed by atoms with Crippen molar-refractivity contribution in [3.8, 4) is 5.75 Å². The molecule has 0 saturated carbocycles. The molecule has 3 N–H and O–H groups in total. The summed E-state index contributed by atoms with van der Waals surface area (Å²) in [6, 6.07) is 4.96. The van der Waals surface area contributed by atoms with Crippen LogP contribution in [0.25, 0.3) is 10.9 Å². The predicted molar refractivity (Wildman–Crippen MR) is 65.4 cm³/mol. The van der Waals surface area contributed by atoms with Crippen LogP contribution in [0.3, 0.4) is 0 Å². The molecule has 2 aromatic rings. The van der Waals surface area contributed by atoms with E-state index in [1.807, 2.05) is 13.8 Å². The predicted octanol–water partition coefficient (Wildman–Crippen LogP) is 2.62. The van der Waals surface area contributed by atoms with Gasteiger partial charge in [0.15, 0.2) is 0 Å². The lowest BCUT2D eigenvalue weighted by Gasteiger charge is -2.05. The number of aromatic hydroxyl groups is 1. The Balaban J connectivity index is 2.68. The van der Waals surface area contributed by atoms with Crippen LogP contribution < -0.4 is 0 Å². The number of aliphatic carboxylic acids is 1. The number of nitrogens with one attached hydrogen (secondary N) is 1. The average molecular weight is 233 g/mol. The van der Waals surface area contributed by atoms with Crippen LogP contribution in [-0.2, 0) is 11.2 Å². The molecule has 4 heteroatoms. The molecule has 17 heavy (non-hydrogen) atoms. The normalized spacial score (nSPS) is 11.2. The lowest BCUT2D eigenvalue weighted by molar-refractivity contribution is -0.136. The lowest BCUT2D eigenvalue weighted by Crippen LogP contribution is -2.03. The second kappa shape index (κ2) is 4.13. The van der Waals surface area contributed by atoms with E-state index in [1.165, 1.54) is 0 Å². The maximum atomic E-state index is 10.9. The largest absolute Gasteiger partial charge is 0.508 e. The molecule has 90 valence electrons. The highest BCUT2D eigenvalue weighted by Crippen LogP contribution is 2.30. The van der Waals surface area contributed by atoms with E-state index in [-0.39, 0.29) is 18.1 Å². The molecule has 4 nitrogen and oxygen atoms in total. The zero-order valence-corrected chi connectivity index (χ0v) is 9.82. The monoisotopic (exact) mass is 233 g/mol. The Morgan fingerprint density at radius 1 is 1.41 bits per heavy atom. The first kappa shape index (κ1) is 11.5. The first-order chi connectivity index (χ1) is 7.99. The number of benzene rings is 1. The zero-order valence-electron chi connectivity index (χ0n) is 9.82. The van der Waals surface area contributed by atoms with Gasteiger partial charge in [-0.05, 0) is 29.7 Å². The summed E-state index contributed by atoms with van der Waals surface area (Å²) < 4.78 is 0. The number of rotatable bonds is 3. The first-order valence-corrected chi connectivity index (χ1v) is 5.54. The molecule has 0 amide bonds. The van der Waals surface area contributed by atoms with Crippen molar-refractivity contribution in [3.05, 3.63) is 29.5 Å². The Kier molecular flexibility index (Phi) is 2.79. The highest BCUT2D eigenvalue weighted by atomic mass is 16.4. The Labute approximate surface area is 98.9 Å². The van der Waals surface area contributed by atoms with Crippen LogP contribution in [0.4, 0.5) is 0 Å². The van der Waals surface area contributed by atoms with Crippen molar-refractivity contribution in [2.24, 2.45) is 0 Å². The SMILES string of the molecule is CC(C)c1[nH]c2ccc(O)cc2c1CC(=O)O. The summed E-state index contributed by atoms with van der Waals surface area (Å²) in [5, 5.41) is 19.2. The topological polar surface area (TPSA) is 73.3 Å². The maximum absolute atomic E-state index is 10.9. The molecule has 0 aliphatic rings. The first-order valence-electron chi connectivity index (χ1n) is 5.54. The Bertz CT molecular complexity index is 569. The van der Waals surface area contributed by atoms with Gasteiger partial charge in [-0.1, -0.05) is 13.8 Å². The third kappa shape index (κ3) is 2.11. The van der Waals surface area contributed by atoms with Crippen LogP contribution in [0, 0.1) is 0 Å². The van der Waals surface area contributed by atoms with Crippen molar-refractivity contribution < 1.29 is 15.0 Å². The van der Waals surface area contributed by atoms with E-state index in [0.29, 0.717) is 0 Å². The van der Waals surface area contributed by atoms with Gasteiger partial charge >= 0.3 is 5.97 Å². The van der Waals surface area contributed by atoms with Crippen LogP contribution in [0.15, 0.2) is 18.2 Å². The number of aromatic amines is 1. The van der Waals surface area contributed by atoms with Gasteiger partial charge in [-0.2, -0.15) is 0 Å². The summed E-state index contributed by atoms with van der Waals surface area (Å²) in [6.45, 7) is 4.02. The van der Waals surface area contributed by atoms with Crippen molar-refractivity contribution in [3.63, 3.8) is 0 Å². The molecular formula is C13H15NO3. The highest BCUT2D eigenvalue weighted by Gasteiger charge is 2.16. The van der Waals surface area contributed by atoms with E-state index in [4.69, 9.17) is 5.11 Å². The lowest BCUT2D eigenvalue weighted by atomic mass is 10.0. The minimum atomic E-state index is -0.865. The molecule has 1 aromatic carbocycles. The molecule has 1 heterocycles. The standard InChI is InChI=1S/C13H15NO3/c1-7(2)13-10(6-12(16)17)9-5-8(15)3-4-11(9)14-13/h3-5,7,14-15H,6H2,1-2H3,(H,16,17). The summed E-state index contributed by atoms with van der Waals surface area (Å²) >= 11 is 0. The molecule has 0 atom stereocenters. The van der Waals surface area contributed by atoms with Gasteiger partial charge in [-0.15, -0.1) is 0 Å². The summed E-state index contributed by atoms with van der Waals surface area (Å²) in [5.74, 6) is -0.492. The molecule has 0 aliphatic carbocycles. The van der Waals surface area contributed by atoms with Gasteiger partial charge in [0.2, 0.25) is 0 Å². The minimum Gasteiger partial charge on any atom is -0.508 e. The molecule has 0 saturated heterocycles. The van der Waals surface area contributed by atoms with Gasteiger partial charge in [0.25, 0.3) is 0 Å². The van der Waals surface area contributed by atoms with E-state index in [0.717, 1.165) is 22.2 Å². The fourth-order valence-corrected chi connectivity index (χ4v) is 2.09. The molecule has 0 unspecified atom stereocenters. The van der Waals surface area contributed by atoms with Gasteiger partial charge in [-0.25, -0.2) is 0 Å². The smallest absolute Gasteiger partial charge is 0.307 e. The minimum absolute atomic E-state index is 0.0308. The number of hydrogen-bond donors (Lipinski definition) is 3. The number of fused-ring (bicyclic) bond motifs is 1. The van der Waals surface area contributed by atoms with Crippen molar-refractivity contribution in [1.82, 2.24) is 4.98 Å². The molecule has 0 fully saturated rings. The molecule has 0 spiro atoms. The fourth-order valence-electron chi connectivity index (χ4n) is 2.09. The fraction of sp³-hybridized carbons (Fsp3) is 0.308. The number of hydrogen-bond acceptors (Lipinski definition) is 2. The van der Waals surface area contributed by atoms with Gasteiger partial charge in [0, 0.05) is 16.6 Å². The van der Waals surface area contributed by atoms with E-state index in [9.17, 15) is 9.90 Å². The third-order valence-corrected chi connectivity index (χ3v) is 2.83. The van der Waals surface area contributed by atoms with Crippen molar-refractivity contribution in [1.29, 1.82) is 0 Å². The van der Waals surface area contributed by atoms with Crippen LogP contribution in [-0.4, -0.2) is 21.2 Å². The number of phenols is 1. The van der Waals surface area contributed by atoms with E-state index in [2.05, 4.69) is 4.98 Å². The molecule has 0 aliphatic heterocycles. The average Bonchev–Trinajstić information content (AvgIpc) is 2.56. The van der Waals surface area contributed by atoms with Gasteiger partial charge in [0.1, 0.15) is 5.75 Å². The van der Waals surface area contributed by atoms with E-state index >= 15 is 0 Å². The number of H-pyrrole nitrogens is 1. The Hall–Kier alpha value is -1.97. The second-order valence-corrected chi connectivity index (χ2v) is 4.47. The number of carboxylic acids is 1. The van der Waals surface area contributed by atoms with Crippen LogP contribution in [0.2, 0.25) is 0 Å². The van der Waals surface area contributed by atoms with Crippen molar-refractivity contribution >= 4 is 16.9 Å². The summed E-state index contributed by atoms with van der Waals surface area (Å²) in [5.41, 5.74) is 2.55. The zero-order chi connectivity index (χ0) is 12.6. The van der Waals surface area contributed by atoms with Gasteiger partial charge in [0.05, 0.1) is 6.42 Å². The molecule has 0 bridgehead atoms. The number of carbonyl (C=O) groups is 1. The quantitative estimate of drug-likeness (QED) is 0.763. The van der Waals surface area contributed by atoms with Crippen molar-refractivity contribution in [2.45, 2.75) is 26.2 Å². The van der Waals surface area contributed by atoms with Crippen LogP contribution >= 0.6 is 0 Å². The van der Waals surface area contributed by atoms with Crippen LogP contribution in [0.5, 0.6) is 5.75 Å². The van der Waals surface area contributed by atoms with Gasteiger partial charge < -0.3 is 15.2 Å². The van der Waals surface area contributed by atoms with Crippen LogP contribution in [0.1, 0.15) is 31.0 Å². The van der Waals surface area contributed by atoms with Crippen molar-refractivity contribution in [2.75, 3.05) is 0 Å². The maximum Gasteiger partial charge on any atom is 0.307 e. The second-order valence-electron chi connectivity index (χ2n) is 4.47. The third-order valence-electron chi connectivity index (χ3n) is 2.83. The highest BCUT2D eigenvalue weighted by molar-refractivity contribution is 5.89. The summed E-state index contributed by atoms with van der Waals surface area (Å²) in [4.78, 5) is 14.1. The van der Waals surface area contributed by atoms with E-state index < -0.39 is 5.97 Å². The summed E-state index contributed by atoms with van der Waals surface area (Å²) in [6.07, 6.45) is -0.0308. The molecule has 0 radical (unpaired) electrons. The Morgan fingerprint density at radius 2 is 2.12 bits per heavy atom. The number of phenolic OH excluding ortho intramolecular Hbond substituents is 1. The Morgan fingerprint density at radius 3 is 2.71 bits per heavy atom. The van der Waals surface area contributed by atoms with E-state index in [1.54, 1.807) is 18.2 Å². The molecule has 2 rings (SSSR count).